The molecule has 2 atom stereocenters. The van der Waals surface area contributed by atoms with Gasteiger partial charge in [-0.05, 0) is 37.0 Å². The molecule has 1 rings (SSSR count). The molecule has 112 valence electrons. The van der Waals surface area contributed by atoms with Crippen molar-refractivity contribution in [2.75, 3.05) is 14.1 Å². The third kappa shape index (κ3) is 3.69. The number of allylic oxidation sites excluding steroid dienone is 2. The maximum absolute atomic E-state index is 4.44. The average molecular weight is 273 g/mol. The molecule has 20 heavy (non-hydrogen) atoms. The third-order valence-corrected chi connectivity index (χ3v) is 5.23. The second kappa shape index (κ2) is 7.02. The van der Waals surface area contributed by atoms with Crippen molar-refractivity contribution in [2.24, 2.45) is 17.3 Å². The molecular formula is C19H31N. The Labute approximate surface area is 126 Å². The fourth-order valence-electron chi connectivity index (χ4n) is 2.90. The minimum absolute atomic E-state index is 0.269. The molecule has 0 bridgehead atoms. The molecular weight excluding hydrogens is 242 g/mol. The second-order valence-corrected chi connectivity index (χ2v) is 6.53. The molecule has 0 saturated heterocycles. The largest absolute Gasteiger partial charge is 0.380 e. The van der Waals surface area contributed by atoms with E-state index in [1.165, 1.54) is 24.8 Å². The Morgan fingerprint density at radius 2 is 1.80 bits per heavy atom. The molecule has 1 aliphatic rings. The van der Waals surface area contributed by atoms with E-state index >= 15 is 0 Å². The van der Waals surface area contributed by atoms with Gasteiger partial charge in [0.1, 0.15) is 0 Å². The molecule has 0 aromatic heterocycles. The van der Waals surface area contributed by atoms with E-state index < -0.39 is 0 Å². The van der Waals surface area contributed by atoms with Gasteiger partial charge in [-0.3, -0.25) is 0 Å². The molecule has 1 nitrogen and oxygen atoms in total. The lowest BCUT2D eigenvalue weighted by atomic mass is 9.71. The Morgan fingerprint density at radius 3 is 2.30 bits per heavy atom. The van der Waals surface area contributed by atoms with E-state index in [1.807, 2.05) is 0 Å². The molecule has 0 spiro atoms. The molecule has 0 N–H and O–H groups in total. The van der Waals surface area contributed by atoms with E-state index in [1.54, 1.807) is 0 Å². The molecule has 0 aliphatic heterocycles. The van der Waals surface area contributed by atoms with Gasteiger partial charge in [-0.2, -0.15) is 0 Å². The van der Waals surface area contributed by atoms with Crippen molar-refractivity contribution in [3.8, 4) is 11.8 Å². The van der Waals surface area contributed by atoms with Crippen LogP contribution in [0.5, 0.6) is 0 Å². The monoisotopic (exact) mass is 273 g/mol. The Morgan fingerprint density at radius 1 is 1.20 bits per heavy atom. The van der Waals surface area contributed by atoms with Crippen LogP contribution >= 0.6 is 0 Å². The first-order chi connectivity index (χ1) is 9.35. The summed E-state index contributed by atoms with van der Waals surface area (Å²) in [5.74, 6) is 7.65. The Bertz CT molecular complexity index is 415. The number of hydrogen-bond acceptors (Lipinski definition) is 1. The smallest absolute Gasteiger partial charge is 0.0595 e. The van der Waals surface area contributed by atoms with Crippen LogP contribution in [0.2, 0.25) is 0 Å². The van der Waals surface area contributed by atoms with Crippen molar-refractivity contribution in [1.29, 1.82) is 0 Å². The van der Waals surface area contributed by atoms with E-state index in [2.05, 4.69) is 64.8 Å². The number of rotatable bonds is 6. The van der Waals surface area contributed by atoms with Crippen LogP contribution in [-0.4, -0.2) is 19.0 Å². The maximum Gasteiger partial charge on any atom is 0.0595 e. The predicted octanol–water partition coefficient (Wildman–Crippen LogP) is 4.86. The van der Waals surface area contributed by atoms with Crippen LogP contribution in [-0.2, 0) is 0 Å². The number of nitrogens with zero attached hydrogens (tertiary/aromatic N) is 1. The van der Waals surface area contributed by atoms with Gasteiger partial charge in [-0.25, -0.2) is 0 Å². The summed E-state index contributed by atoms with van der Waals surface area (Å²) in [6.45, 7) is 15.5. The molecule has 0 saturated carbocycles. The molecule has 0 heterocycles. The Hall–Kier alpha value is -1.16. The summed E-state index contributed by atoms with van der Waals surface area (Å²) in [4.78, 5) is 2.09. The number of hydrogen-bond donors (Lipinski definition) is 0. The first-order valence-corrected chi connectivity index (χ1v) is 7.89. The first kappa shape index (κ1) is 16.9. The van der Waals surface area contributed by atoms with E-state index in [9.17, 15) is 0 Å². The summed E-state index contributed by atoms with van der Waals surface area (Å²) in [5.41, 5.74) is 2.82. The van der Waals surface area contributed by atoms with Gasteiger partial charge in [0.25, 0.3) is 0 Å². The van der Waals surface area contributed by atoms with Crippen LogP contribution in [0.1, 0.15) is 52.9 Å². The van der Waals surface area contributed by atoms with E-state index in [-0.39, 0.29) is 5.41 Å². The highest BCUT2D eigenvalue weighted by atomic mass is 15.1. The fourth-order valence-corrected chi connectivity index (χ4v) is 2.90. The highest BCUT2D eigenvalue weighted by Gasteiger charge is 2.30. The lowest BCUT2D eigenvalue weighted by Crippen LogP contribution is -2.23. The van der Waals surface area contributed by atoms with Crippen LogP contribution in [0, 0.1) is 29.1 Å². The molecule has 1 heteroatoms. The molecule has 0 aromatic carbocycles. The minimum Gasteiger partial charge on any atom is -0.380 e. The second-order valence-electron chi connectivity index (χ2n) is 6.53. The summed E-state index contributed by atoms with van der Waals surface area (Å²) >= 11 is 0. The lowest BCUT2D eigenvalue weighted by Gasteiger charge is -2.34. The zero-order valence-corrected chi connectivity index (χ0v) is 14.1. The zero-order chi connectivity index (χ0) is 15.3. The van der Waals surface area contributed by atoms with Crippen LogP contribution < -0.4 is 0 Å². The normalized spacial score (nSPS) is 22.4. The van der Waals surface area contributed by atoms with Crippen molar-refractivity contribution in [3.63, 3.8) is 0 Å². The van der Waals surface area contributed by atoms with Gasteiger partial charge < -0.3 is 4.90 Å². The molecule has 2 unspecified atom stereocenters. The Kier molecular flexibility index (Phi) is 5.93. The maximum atomic E-state index is 4.44. The topological polar surface area (TPSA) is 3.24 Å². The van der Waals surface area contributed by atoms with Crippen molar-refractivity contribution < 1.29 is 0 Å². The Balaban J connectivity index is 2.75. The lowest BCUT2D eigenvalue weighted by molar-refractivity contribution is 0.315. The first-order valence-electron chi connectivity index (χ1n) is 7.89. The molecule has 0 radical (unpaired) electrons. The summed E-state index contributed by atoms with van der Waals surface area (Å²) in [6, 6.07) is 0. The molecule has 0 aromatic rings. The van der Waals surface area contributed by atoms with Crippen LogP contribution in [0.4, 0.5) is 0 Å². The minimum atomic E-state index is 0.269. The van der Waals surface area contributed by atoms with E-state index in [4.69, 9.17) is 0 Å². The van der Waals surface area contributed by atoms with Gasteiger partial charge >= 0.3 is 0 Å². The summed E-state index contributed by atoms with van der Waals surface area (Å²) < 4.78 is 0. The van der Waals surface area contributed by atoms with Gasteiger partial charge in [0, 0.05) is 26.2 Å². The summed E-state index contributed by atoms with van der Waals surface area (Å²) in [6.07, 6.45) is 5.58. The van der Waals surface area contributed by atoms with Crippen molar-refractivity contribution >= 4 is 0 Å². The van der Waals surface area contributed by atoms with Crippen LogP contribution in [0.3, 0.4) is 0 Å². The SMILES string of the molecule is C=C(C1C#CCC(C(=C)C(C)(CC)CC)CC1)N(C)C. The molecule has 1 aliphatic carbocycles. The zero-order valence-electron chi connectivity index (χ0n) is 14.1. The van der Waals surface area contributed by atoms with Crippen molar-refractivity contribution in [3.05, 3.63) is 24.4 Å². The average Bonchev–Trinajstić information content (AvgIpc) is 2.70. The van der Waals surface area contributed by atoms with E-state index in [0.717, 1.165) is 18.5 Å². The molecule has 0 amide bonds. The van der Waals surface area contributed by atoms with Gasteiger partial charge in [-0.15, -0.1) is 5.92 Å². The van der Waals surface area contributed by atoms with Crippen molar-refractivity contribution in [2.45, 2.75) is 52.9 Å². The van der Waals surface area contributed by atoms with Crippen molar-refractivity contribution in [1.82, 2.24) is 4.90 Å². The summed E-state index contributed by atoms with van der Waals surface area (Å²) in [5, 5.41) is 0. The standard InChI is InChI=1S/C19H31N/c1-8-19(5,9-2)15(3)17-11-10-12-18(14-13-17)16(4)20(6)7/h17-18H,3-4,8-9,11,13-14H2,1-2,5-7H3. The van der Waals surface area contributed by atoms with Crippen LogP contribution in [0.25, 0.3) is 0 Å². The fraction of sp³-hybridized carbons (Fsp3) is 0.684. The summed E-state index contributed by atoms with van der Waals surface area (Å²) in [7, 11) is 4.10. The quantitative estimate of drug-likeness (QED) is 0.493. The van der Waals surface area contributed by atoms with Gasteiger partial charge in [0.15, 0.2) is 0 Å². The molecule has 0 fully saturated rings. The predicted molar refractivity (Wildman–Crippen MR) is 89.3 cm³/mol. The van der Waals surface area contributed by atoms with Crippen LogP contribution in [0.15, 0.2) is 24.4 Å². The van der Waals surface area contributed by atoms with E-state index in [0.29, 0.717) is 11.8 Å². The highest BCUT2D eigenvalue weighted by molar-refractivity contribution is 5.22. The van der Waals surface area contributed by atoms with Gasteiger partial charge in [0.05, 0.1) is 5.92 Å². The third-order valence-electron chi connectivity index (χ3n) is 5.23. The van der Waals surface area contributed by atoms with Gasteiger partial charge in [0.2, 0.25) is 0 Å². The highest BCUT2D eigenvalue weighted by Crippen LogP contribution is 2.41. The van der Waals surface area contributed by atoms with Gasteiger partial charge in [-0.1, -0.05) is 45.4 Å².